The van der Waals surface area contributed by atoms with E-state index in [9.17, 15) is 0 Å². The first kappa shape index (κ1) is 15.9. The van der Waals surface area contributed by atoms with Gasteiger partial charge in [0.25, 0.3) is 0 Å². The van der Waals surface area contributed by atoms with Gasteiger partial charge in [0.1, 0.15) is 0 Å². The Morgan fingerprint density at radius 1 is 1.25 bits per heavy atom. The summed E-state index contributed by atoms with van der Waals surface area (Å²) >= 11 is 0. The highest BCUT2D eigenvalue weighted by Gasteiger charge is 2.23. The Balaban J connectivity index is 3.85. The van der Waals surface area contributed by atoms with Crippen LogP contribution < -0.4 is 5.32 Å². The molecule has 0 saturated carbocycles. The quantitative estimate of drug-likeness (QED) is 0.720. The van der Waals surface area contributed by atoms with Gasteiger partial charge in [-0.05, 0) is 52.2 Å². The molecule has 16 heavy (non-hydrogen) atoms. The van der Waals surface area contributed by atoms with E-state index in [0.29, 0.717) is 17.5 Å². The zero-order valence-electron chi connectivity index (χ0n) is 12.4. The molecule has 0 saturated heterocycles. The second-order valence-corrected chi connectivity index (χ2v) is 6.06. The molecule has 2 unspecified atom stereocenters. The summed E-state index contributed by atoms with van der Waals surface area (Å²) in [4.78, 5) is 2.49. The molecule has 2 atom stereocenters. The number of nitrogens with zero attached hydrogens (tertiary/aromatic N) is 1. The van der Waals surface area contributed by atoms with E-state index in [2.05, 4.69) is 58.9 Å². The van der Waals surface area contributed by atoms with E-state index in [1.807, 2.05) is 0 Å². The number of rotatable bonds is 7. The molecule has 98 valence electrons. The topological polar surface area (TPSA) is 15.3 Å². The molecule has 0 rings (SSSR count). The molecule has 0 aromatic heterocycles. The molecule has 0 aromatic carbocycles. The fourth-order valence-electron chi connectivity index (χ4n) is 1.99. The van der Waals surface area contributed by atoms with Gasteiger partial charge in [-0.25, -0.2) is 0 Å². The third kappa shape index (κ3) is 5.86. The van der Waals surface area contributed by atoms with Crippen molar-refractivity contribution in [2.45, 2.75) is 66.0 Å². The Labute approximate surface area is 103 Å². The van der Waals surface area contributed by atoms with E-state index in [0.717, 1.165) is 0 Å². The maximum Gasteiger partial charge on any atom is 0.0112 e. The lowest BCUT2D eigenvalue weighted by Crippen LogP contribution is -2.40. The maximum atomic E-state index is 3.37. The predicted octanol–water partition coefficient (Wildman–Crippen LogP) is 3.13. The van der Waals surface area contributed by atoms with Crippen LogP contribution in [0.1, 0.15) is 53.9 Å². The second kappa shape index (κ2) is 7.29. The normalized spacial score (nSPS) is 16.5. The molecule has 0 spiro atoms. The number of hydrogen-bond donors (Lipinski definition) is 1. The van der Waals surface area contributed by atoms with Crippen molar-refractivity contribution in [1.29, 1.82) is 0 Å². The fourth-order valence-corrected chi connectivity index (χ4v) is 1.99. The molecular formula is C14H32N2. The van der Waals surface area contributed by atoms with Gasteiger partial charge in [0.2, 0.25) is 0 Å². The van der Waals surface area contributed by atoms with Crippen LogP contribution in [0.2, 0.25) is 0 Å². The summed E-state index contributed by atoms with van der Waals surface area (Å²) in [5.74, 6) is 0. The van der Waals surface area contributed by atoms with Gasteiger partial charge in [-0.3, -0.25) is 0 Å². The van der Waals surface area contributed by atoms with E-state index in [1.54, 1.807) is 0 Å². The highest BCUT2D eigenvalue weighted by atomic mass is 15.1. The van der Waals surface area contributed by atoms with Gasteiger partial charge in [0.15, 0.2) is 0 Å². The van der Waals surface area contributed by atoms with Crippen LogP contribution in [0.25, 0.3) is 0 Å². The van der Waals surface area contributed by atoms with Crippen molar-refractivity contribution >= 4 is 0 Å². The molecule has 0 aliphatic rings. The van der Waals surface area contributed by atoms with Crippen LogP contribution in [-0.2, 0) is 0 Å². The average Bonchev–Trinajstić information content (AvgIpc) is 2.21. The van der Waals surface area contributed by atoms with Crippen molar-refractivity contribution in [3.63, 3.8) is 0 Å². The molecule has 0 aliphatic carbocycles. The zero-order chi connectivity index (χ0) is 12.8. The third-order valence-corrected chi connectivity index (χ3v) is 3.88. The minimum atomic E-state index is 0.377. The predicted molar refractivity (Wildman–Crippen MR) is 73.9 cm³/mol. The summed E-state index contributed by atoms with van der Waals surface area (Å²) in [6, 6.07) is 1.33. The van der Waals surface area contributed by atoms with Gasteiger partial charge in [0.05, 0.1) is 0 Å². The van der Waals surface area contributed by atoms with Crippen LogP contribution >= 0.6 is 0 Å². The monoisotopic (exact) mass is 228 g/mol. The summed E-state index contributed by atoms with van der Waals surface area (Å²) < 4.78 is 0. The van der Waals surface area contributed by atoms with E-state index in [-0.39, 0.29) is 0 Å². The van der Waals surface area contributed by atoms with Gasteiger partial charge in [-0.2, -0.15) is 0 Å². The first-order valence-corrected chi connectivity index (χ1v) is 6.70. The molecule has 0 fully saturated rings. The van der Waals surface area contributed by atoms with E-state index < -0.39 is 0 Å². The average molecular weight is 228 g/mol. The van der Waals surface area contributed by atoms with Crippen molar-refractivity contribution in [3.8, 4) is 0 Å². The molecule has 0 heterocycles. The van der Waals surface area contributed by atoms with Crippen LogP contribution in [0, 0.1) is 5.41 Å². The van der Waals surface area contributed by atoms with Gasteiger partial charge < -0.3 is 10.2 Å². The lowest BCUT2D eigenvalue weighted by Gasteiger charge is -2.35. The van der Waals surface area contributed by atoms with Crippen LogP contribution in [0.5, 0.6) is 0 Å². The molecule has 0 radical (unpaired) electrons. The highest BCUT2D eigenvalue weighted by molar-refractivity contribution is 4.77. The Kier molecular flexibility index (Phi) is 7.25. The number of nitrogens with one attached hydrogen (secondary N) is 1. The standard InChI is InChI=1S/C14H32N2/c1-8-13(15-6)10-9-11-16(7)12(2)14(3,4)5/h12-13,15H,8-11H2,1-7H3. The van der Waals surface area contributed by atoms with Gasteiger partial charge >= 0.3 is 0 Å². The van der Waals surface area contributed by atoms with Crippen LogP contribution in [0.15, 0.2) is 0 Å². The minimum absolute atomic E-state index is 0.377. The zero-order valence-corrected chi connectivity index (χ0v) is 12.4. The smallest absolute Gasteiger partial charge is 0.0112 e. The van der Waals surface area contributed by atoms with Crippen molar-refractivity contribution in [1.82, 2.24) is 10.2 Å². The summed E-state index contributed by atoms with van der Waals surface area (Å²) in [6.45, 7) is 12.7. The highest BCUT2D eigenvalue weighted by Crippen LogP contribution is 2.23. The Morgan fingerprint density at radius 3 is 2.19 bits per heavy atom. The first-order valence-electron chi connectivity index (χ1n) is 6.70. The van der Waals surface area contributed by atoms with E-state index >= 15 is 0 Å². The van der Waals surface area contributed by atoms with E-state index in [1.165, 1.54) is 25.8 Å². The number of hydrogen-bond acceptors (Lipinski definition) is 2. The van der Waals surface area contributed by atoms with Gasteiger partial charge in [-0.1, -0.05) is 27.7 Å². The largest absolute Gasteiger partial charge is 0.317 e. The SMILES string of the molecule is CCC(CCCN(C)C(C)C(C)(C)C)NC. The lowest BCUT2D eigenvalue weighted by atomic mass is 9.87. The minimum Gasteiger partial charge on any atom is -0.317 e. The molecular weight excluding hydrogens is 196 g/mol. The van der Waals surface area contributed by atoms with Crippen LogP contribution in [0.3, 0.4) is 0 Å². The Hall–Kier alpha value is -0.0800. The summed E-state index contributed by atoms with van der Waals surface area (Å²) in [5, 5.41) is 3.37. The third-order valence-electron chi connectivity index (χ3n) is 3.88. The molecule has 0 aliphatic heterocycles. The first-order chi connectivity index (χ1) is 7.32. The van der Waals surface area contributed by atoms with E-state index in [4.69, 9.17) is 0 Å². The van der Waals surface area contributed by atoms with Gasteiger partial charge in [0, 0.05) is 12.1 Å². The van der Waals surface area contributed by atoms with Crippen molar-refractivity contribution in [2.24, 2.45) is 5.41 Å². The fraction of sp³-hybridized carbons (Fsp3) is 1.00. The molecule has 0 aromatic rings. The second-order valence-electron chi connectivity index (χ2n) is 6.06. The van der Waals surface area contributed by atoms with Gasteiger partial charge in [-0.15, -0.1) is 0 Å². The molecule has 2 nitrogen and oxygen atoms in total. The summed E-state index contributed by atoms with van der Waals surface area (Å²) in [7, 11) is 4.31. The summed E-state index contributed by atoms with van der Waals surface area (Å²) in [5.41, 5.74) is 0.377. The molecule has 2 heteroatoms. The Bertz CT molecular complexity index is 168. The Morgan fingerprint density at radius 2 is 1.81 bits per heavy atom. The molecule has 0 amide bonds. The van der Waals surface area contributed by atoms with Crippen LogP contribution in [-0.4, -0.2) is 37.6 Å². The lowest BCUT2D eigenvalue weighted by molar-refractivity contribution is 0.138. The molecule has 1 N–H and O–H groups in total. The van der Waals surface area contributed by atoms with Crippen molar-refractivity contribution in [3.05, 3.63) is 0 Å². The van der Waals surface area contributed by atoms with Crippen molar-refractivity contribution in [2.75, 3.05) is 20.6 Å². The van der Waals surface area contributed by atoms with Crippen molar-refractivity contribution < 1.29 is 0 Å². The summed E-state index contributed by atoms with van der Waals surface area (Å²) in [6.07, 6.45) is 3.81. The van der Waals surface area contributed by atoms with Crippen LogP contribution in [0.4, 0.5) is 0 Å². The molecule has 0 bridgehead atoms. The maximum absolute atomic E-state index is 3.37.